The highest BCUT2D eigenvalue weighted by Crippen LogP contribution is 2.12. The zero-order chi connectivity index (χ0) is 20.6. The molecule has 29 heavy (non-hydrogen) atoms. The minimum Gasteiger partial charge on any atom is -0.491 e. The van der Waals surface area contributed by atoms with Crippen molar-refractivity contribution in [1.82, 2.24) is 9.80 Å². The number of nitrogens with one attached hydrogen (secondary N) is 1. The first-order chi connectivity index (χ1) is 14.0. The number of aliphatic hydroxyl groups excluding tert-OH is 1. The third kappa shape index (κ3) is 7.12. The number of benzene rings is 2. The van der Waals surface area contributed by atoms with E-state index in [1.54, 1.807) is 12.1 Å². The highest BCUT2D eigenvalue weighted by atomic mass is 19.1. The van der Waals surface area contributed by atoms with Crippen molar-refractivity contribution < 1.29 is 19.0 Å². The average molecular weight is 401 g/mol. The van der Waals surface area contributed by atoms with Gasteiger partial charge in [0.05, 0.1) is 6.54 Å². The molecule has 0 spiro atoms. The molecule has 1 atom stereocenters. The molecule has 1 saturated heterocycles. The van der Waals surface area contributed by atoms with Crippen molar-refractivity contribution >= 4 is 11.6 Å². The Balaban J connectivity index is 1.33. The summed E-state index contributed by atoms with van der Waals surface area (Å²) in [6.07, 6.45) is -0.628. The summed E-state index contributed by atoms with van der Waals surface area (Å²) in [7, 11) is 0. The van der Waals surface area contributed by atoms with Gasteiger partial charge in [-0.2, -0.15) is 0 Å². The number of piperazine rings is 1. The Morgan fingerprint density at radius 3 is 2.34 bits per heavy atom. The highest BCUT2D eigenvalue weighted by molar-refractivity contribution is 5.92. The van der Waals surface area contributed by atoms with Crippen LogP contribution in [0.3, 0.4) is 0 Å². The van der Waals surface area contributed by atoms with Crippen molar-refractivity contribution in [2.24, 2.45) is 0 Å². The normalized spacial score (nSPS) is 16.4. The van der Waals surface area contributed by atoms with Gasteiger partial charge in [0.25, 0.3) is 0 Å². The van der Waals surface area contributed by atoms with E-state index in [9.17, 15) is 14.3 Å². The largest absolute Gasteiger partial charge is 0.491 e. The Morgan fingerprint density at radius 1 is 1.07 bits per heavy atom. The van der Waals surface area contributed by atoms with Gasteiger partial charge in [-0.25, -0.2) is 4.39 Å². The number of ether oxygens (including phenoxy) is 1. The summed E-state index contributed by atoms with van der Waals surface area (Å²) in [5.41, 5.74) is 1.97. The number of amides is 1. The molecule has 1 aliphatic heterocycles. The number of hydrogen-bond acceptors (Lipinski definition) is 5. The predicted molar refractivity (Wildman–Crippen MR) is 111 cm³/mol. The molecule has 0 aromatic heterocycles. The topological polar surface area (TPSA) is 65.0 Å². The van der Waals surface area contributed by atoms with Crippen LogP contribution in [0.25, 0.3) is 0 Å². The second-order valence-electron chi connectivity index (χ2n) is 7.41. The lowest BCUT2D eigenvalue weighted by atomic mass is 10.2. The molecule has 6 nitrogen and oxygen atoms in total. The van der Waals surface area contributed by atoms with Gasteiger partial charge in [0.2, 0.25) is 5.91 Å². The van der Waals surface area contributed by atoms with E-state index in [1.807, 2.05) is 31.2 Å². The van der Waals surface area contributed by atoms with Crippen LogP contribution >= 0.6 is 0 Å². The summed E-state index contributed by atoms with van der Waals surface area (Å²) >= 11 is 0. The van der Waals surface area contributed by atoms with Gasteiger partial charge in [-0.3, -0.25) is 14.6 Å². The summed E-state index contributed by atoms with van der Waals surface area (Å²) in [5, 5.41) is 13.1. The molecule has 2 N–H and O–H groups in total. The van der Waals surface area contributed by atoms with Crippen LogP contribution in [0.15, 0.2) is 48.5 Å². The minimum atomic E-state index is -0.628. The predicted octanol–water partition coefficient (Wildman–Crippen LogP) is 2.13. The lowest BCUT2D eigenvalue weighted by molar-refractivity contribution is -0.117. The minimum absolute atomic E-state index is 0.0185. The zero-order valence-electron chi connectivity index (χ0n) is 16.7. The van der Waals surface area contributed by atoms with E-state index in [0.29, 0.717) is 18.8 Å². The van der Waals surface area contributed by atoms with Crippen LogP contribution in [-0.4, -0.2) is 72.8 Å². The van der Waals surface area contributed by atoms with Crippen molar-refractivity contribution in [3.05, 3.63) is 59.9 Å². The third-order valence-corrected chi connectivity index (χ3v) is 4.89. The summed E-state index contributed by atoms with van der Waals surface area (Å²) < 4.78 is 18.4. The molecular formula is C22H28FN3O3. The number of rotatable bonds is 8. The summed E-state index contributed by atoms with van der Waals surface area (Å²) in [4.78, 5) is 16.5. The number of β-amino-alcohol motifs (C(OH)–C–C–N with tert-alkyl or cyclic N) is 1. The quantitative estimate of drug-likeness (QED) is 0.710. The fourth-order valence-corrected chi connectivity index (χ4v) is 3.24. The first-order valence-corrected chi connectivity index (χ1v) is 9.85. The van der Waals surface area contributed by atoms with Crippen LogP contribution in [0, 0.1) is 12.7 Å². The van der Waals surface area contributed by atoms with Crippen molar-refractivity contribution in [2.45, 2.75) is 13.0 Å². The van der Waals surface area contributed by atoms with Gasteiger partial charge in [-0.15, -0.1) is 0 Å². The number of anilines is 1. The number of aryl methyl sites for hydroxylation is 1. The summed E-state index contributed by atoms with van der Waals surface area (Å²) in [6, 6.07) is 13.5. The molecule has 156 valence electrons. The van der Waals surface area contributed by atoms with Gasteiger partial charge in [0, 0.05) is 38.4 Å². The smallest absolute Gasteiger partial charge is 0.238 e. The molecule has 1 heterocycles. The second-order valence-corrected chi connectivity index (χ2v) is 7.41. The molecule has 3 rings (SSSR count). The highest BCUT2D eigenvalue weighted by Gasteiger charge is 2.21. The van der Waals surface area contributed by atoms with E-state index in [-0.39, 0.29) is 18.3 Å². The Hall–Kier alpha value is -2.48. The van der Waals surface area contributed by atoms with E-state index in [4.69, 9.17) is 4.74 Å². The van der Waals surface area contributed by atoms with Gasteiger partial charge in [-0.1, -0.05) is 17.7 Å². The van der Waals surface area contributed by atoms with Gasteiger partial charge in [0.1, 0.15) is 24.3 Å². The van der Waals surface area contributed by atoms with Crippen LogP contribution < -0.4 is 10.1 Å². The Bertz CT molecular complexity index is 775. The van der Waals surface area contributed by atoms with Gasteiger partial charge in [0.15, 0.2) is 0 Å². The van der Waals surface area contributed by atoms with Crippen molar-refractivity contribution in [3.8, 4) is 5.75 Å². The van der Waals surface area contributed by atoms with Crippen LogP contribution in [0.2, 0.25) is 0 Å². The fourth-order valence-electron chi connectivity index (χ4n) is 3.24. The number of hydrogen-bond donors (Lipinski definition) is 2. The molecular weight excluding hydrogens is 373 g/mol. The second kappa shape index (κ2) is 10.3. The maximum absolute atomic E-state index is 12.9. The number of carbonyl (C=O) groups is 1. The van der Waals surface area contributed by atoms with Crippen LogP contribution in [0.1, 0.15) is 5.56 Å². The Labute approximate surface area is 170 Å². The summed E-state index contributed by atoms with van der Waals surface area (Å²) in [6.45, 7) is 6.14. The standard InChI is InChI=1S/C22H28FN3O3/c1-17-2-6-19(7-3-17)24-22(28)15-26-12-10-25(11-13-26)14-20(27)16-29-21-8-4-18(23)5-9-21/h2-9,20,27H,10-16H2,1H3,(H,24,28). The lowest BCUT2D eigenvalue weighted by Gasteiger charge is -2.35. The number of aliphatic hydroxyl groups is 1. The van der Waals surface area contributed by atoms with Crippen molar-refractivity contribution in [2.75, 3.05) is 51.2 Å². The average Bonchev–Trinajstić information content (AvgIpc) is 2.71. The van der Waals surface area contributed by atoms with Crippen molar-refractivity contribution in [3.63, 3.8) is 0 Å². The molecule has 1 unspecified atom stereocenters. The lowest BCUT2D eigenvalue weighted by Crippen LogP contribution is -2.50. The number of halogens is 1. The van der Waals surface area contributed by atoms with E-state index in [1.165, 1.54) is 12.1 Å². The molecule has 0 saturated carbocycles. The van der Waals surface area contributed by atoms with E-state index < -0.39 is 6.10 Å². The summed E-state index contributed by atoms with van der Waals surface area (Å²) in [5.74, 6) is 0.202. The number of carbonyl (C=O) groups excluding carboxylic acids is 1. The van der Waals surface area contributed by atoms with Crippen LogP contribution in [-0.2, 0) is 4.79 Å². The molecule has 2 aromatic rings. The van der Waals surface area contributed by atoms with E-state index in [0.717, 1.165) is 37.4 Å². The van der Waals surface area contributed by atoms with Gasteiger partial charge >= 0.3 is 0 Å². The zero-order valence-corrected chi connectivity index (χ0v) is 16.7. The van der Waals surface area contributed by atoms with Crippen LogP contribution in [0.4, 0.5) is 10.1 Å². The first-order valence-electron chi connectivity index (χ1n) is 9.85. The maximum atomic E-state index is 12.9. The molecule has 1 fully saturated rings. The molecule has 2 aromatic carbocycles. The molecule has 1 aliphatic rings. The maximum Gasteiger partial charge on any atom is 0.238 e. The third-order valence-electron chi connectivity index (χ3n) is 4.89. The Kier molecular flexibility index (Phi) is 7.57. The van der Waals surface area contributed by atoms with E-state index >= 15 is 0 Å². The molecule has 0 bridgehead atoms. The fraction of sp³-hybridized carbons (Fsp3) is 0.409. The first kappa shape index (κ1) is 21.2. The molecule has 0 aliphatic carbocycles. The van der Waals surface area contributed by atoms with E-state index in [2.05, 4.69) is 15.1 Å². The monoisotopic (exact) mass is 401 g/mol. The SMILES string of the molecule is Cc1ccc(NC(=O)CN2CCN(CC(O)COc3ccc(F)cc3)CC2)cc1. The van der Waals surface area contributed by atoms with Crippen molar-refractivity contribution in [1.29, 1.82) is 0 Å². The molecule has 1 amide bonds. The van der Waals surface area contributed by atoms with Gasteiger partial charge < -0.3 is 15.2 Å². The molecule has 7 heteroatoms. The molecule has 0 radical (unpaired) electrons. The van der Waals surface area contributed by atoms with Crippen LogP contribution in [0.5, 0.6) is 5.75 Å². The van der Waals surface area contributed by atoms with Gasteiger partial charge in [-0.05, 0) is 43.3 Å². The Morgan fingerprint density at radius 2 is 1.69 bits per heavy atom. The number of nitrogens with zero attached hydrogens (tertiary/aromatic N) is 2.